The zero-order valence-corrected chi connectivity index (χ0v) is 8.07. The first-order valence-electron chi connectivity index (χ1n) is 5.75. The molecule has 0 spiro atoms. The van der Waals surface area contributed by atoms with Gasteiger partial charge in [-0.2, -0.15) is 0 Å². The van der Waals surface area contributed by atoms with Crippen molar-refractivity contribution in [2.24, 2.45) is 46.8 Å². The summed E-state index contributed by atoms with van der Waals surface area (Å²) in [6.07, 6.45) is 1.20. The minimum Gasteiger partial charge on any atom is -0.299 e. The van der Waals surface area contributed by atoms with Crippen molar-refractivity contribution in [3.05, 3.63) is 0 Å². The molecule has 8 atom stereocenters. The van der Waals surface area contributed by atoms with Gasteiger partial charge in [0.15, 0.2) is 0 Å². The fourth-order valence-corrected chi connectivity index (χ4v) is 6.36. The molecule has 0 aliphatic heterocycles. The van der Waals surface area contributed by atoms with Gasteiger partial charge in [-0.1, -0.05) is 6.92 Å². The van der Waals surface area contributed by atoms with Crippen molar-refractivity contribution in [2.75, 3.05) is 0 Å². The van der Waals surface area contributed by atoms with E-state index in [2.05, 4.69) is 6.92 Å². The zero-order valence-electron chi connectivity index (χ0n) is 8.07. The number of hydrogen-bond donors (Lipinski definition) is 0. The van der Waals surface area contributed by atoms with E-state index in [1.54, 1.807) is 0 Å². The summed E-state index contributed by atoms with van der Waals surface area (Å²) < 4.78 is 0. The van der Waals surface area contributed by atoms with Crippen LogP contribution in [0.2, 0.25) is 0 Å². The SMILES string of the molecule is C[C@]12C(=O)[C@@H]3[C@H]4C[C@H]5[C@@H]3C(=O)[C@@H]1[C@@H]5[C@H]42. The highest BCUT2D eigenvalue weighted by Gasteiger charge is 2.88. The van der Waals surface area contributed by atoms with Crippen molar-refractivity contribution in [2.45, 2.75) is 13.3 Å². The lowest BCUT2D eigenvalue weighted by Gasteiger charge is -2.51. The van der Waals surface area contributed by atoms with Crippen molar-refractivity contribution in [3.8, 4) is 0 Å². The van der Waals surface area contributed by atoms with E-state index in [1.807, 2.05) is 0 Å². The van der Waals surface area contributed by atoms with Crippen molar-refractivity contribution in [1.29, 1.82) is 0 Å². The van der Waals surface area contributed by atoms with Gasteiger partial charge in [0.1, 0.15) is 11.6 Å². The van der Waals surface area contributed by atoms with Gasteiger partial charge in [0.05, 0.1) is 0 Å². The normalized spacial score (nSPS) is 75.1. The first kappa shape index (κ1) is 6.76. The predicted molar refractivity (Wildman–Crippen MR) is 47.2 cm³/mol. The lowest BCUT2D eigenvalue weighted by Crippen LogP contribution is -2.57. The fourth-order valence-electron chi connectivity index (χ4n) is 6.36. The average molecular weight is 188 g/mol. The van der Waals surface area contributed by atoms with E-state index in [-0.39, 0.29) is 23.2 Å². The van der Waals surface area contributed by atoms with Gasteiger partial charge < -0.3 is 0 Å². The molecular formula is C12H12O2. The Balaban J connectivity index is 1.93. The summed E-state index contributed by atoms with van der Waals surface area (Å²) in [5.74, 6) is 4.00. The van der Waals surface area contributed by atoms with Crippen LogP contribution in [0.5, 0.6) is 0 Å². The predicted octanol–water partition coefficient (Wildman–Crippen LogP) is 0.902. The van der Waals surface area contributed by atoms with Crippen molar-refractivity contribution in [3.63, 3.8) is 0 Å². The maximum Gasteiger partial charge on any atom is 0.143 e. The van der Waals surface area contributed by atoms with Crippen molar-refractivity contribution < 1.29 is 9.59 Å². The van der Waals surface area contributed by atoms with Crippen LogP contribution in [-0.4, -0.2) is 11.6 Å². The van der Waals surface area contributed by atoms with Crippen LogP contribution >= 0.6 is 0 Å². The second kappa shape index (κ2) is 1.43. The largest absolute Gasteiger partial charge is 0.299 e. The van der Waals surface area contributed by atoms with Gasteiger partial charge >= 0.3 is 0 Å². The summed E-state index contributed by atoms with van der Waals surface area (Å²) in [5, 5.41) is 0. The summed E-state index contributed by atoms with van der Waals surface area (Å²) in [5.41, 5.74) is -0.182. The highest BCUT2D eigenvalue weighted by Crippen LogP contribution is 2.84. The molecule has 2 nitrogen and oxygen atoms in total. The van der Waals surface area contributed by atoms with E-state index < -0.39 is 0 Å². The standard InChI is InChI=1S/C12H12O2/c1-12-8-4-2-3-5(6(4)11(12)14)10(13)9(12)7(3)8/h3-9H,2H2,1H3/t3-,4+,5-,6+,7-,8-,9-,12+/m0/s1. The van der Waals surface area contributed by atoms with E-state index in [1.165, 1.54) is 6.42 Å². The topological polar surface area (TPSA) is 34.1 Å². The monoisotopic (exact) mass is 188 g/mol. The molecule has 5 aliphatic rings. The van der Waals surface area contributed by atoms with Crippen LogP contribution in [0, 0.1) is 46.8 Å². The Morgan fingerprint density at radius 3 is 2.79 bits per heavy atom. The van der Waals surface area contributed by atoms with Gasteiger partial charge in [-0.25, -0.2) is 0 Å². The Labute approximate surface area is 82.0 Å². The van der Waals surface area contributed by atoms with Gasteiger partial charge in [0, 0.05) is 23.2 Å². The third-order valence-corrected chi connectivity index (χ3v) is 6.42. The molecular weight excluding hydrogens is 176 g/mol. The van der Waals surface area contributed by atoms with Crippen molar-refractivity contribution in [1.82, 2.24) is 0 Å². The molecule has 5 aliphatic carbocycles. The summed E-state index contributed by atoms with van der Waals surface area (Å²) in [4.78, 5) is 24.3. The maximum absolute atomic E-state index is 12.2. The fraction of sp³-hybridized carbons (Fsp3) is 0.833. The molecule has 5 rings (SSSR count). The van der Waals surface area contributed by atoms with Crippen LogP contribution in [0.1, 0.15) is 13.3 Å². The maximum atomic E-state index is 12.2. The second-order valence-electron chi connectivity index (χ2n) is 6.25. The number of fused-ring (bicyclic) bond motifs is 2. The molecule has 0 N–H and O–H groups in total. The Bertz CT molecular complexity index is 422. The molecule has 2 heteroatoms. The van der Waals surface area contributed by atoms with Crippen LogP contribution in [0.4, 0.5) is 0 Å². The lowest BCUT2D eigenvalue weighted by molar-refractivity contribution is -0.158. The number of carbonyl (C=O) groups excluding carboxylic acids is 2. The molecule has 0 unspecified atom stereocenters. The quantitative estimate of drug-likeness (QED) is 0.566. The van der Waals surface area contributed by atoms with E-state index in [4.69, 9.17) is 0 Å². The summed E-state index contributed by atoms with van der Waals surface area (Å²) >= 11 is 0. The molecule has 0 heterocycles. The molecule has 0 aromatic rings. The van der Waals surface area contributed by atoms with Crippen LogP contribution in [0.15, 0.2) is 0 Å². The van der Waals surface area contributed by atoms with E-state index in [9.17, 15) is 9.59 Å². The molecule has 0 amide bonds. The number of ketones is 2. The zero-order chi connectivity index (χ0) is 9.40. The first-order valence-corrected chi connectivity index (χ1v) is 5.75. The van der Waals surface area contributed by atoms with Gasteiger partial charge in [-0.3, -0.25) is 9.59 Å². The second-order valence-corrected chi connectivity index (χ2v) is 6.25. The molecule has 5 fully saturated rings. The molecule has 2 bridgehead atoms. The Morgan fingerprint density at radius 2 is 2.00 bits per heavy atom. The van der Waals surface area contributed by atoms with Gasteiger partial charge in [0.2, 0.25) is 0 Å². The number of rotatable bonds is 0. The molecule has 5 saturated carbocycles. The Kier molecular flexibility index (Phi) is 0.689. The summed E-state index contributed by atoms with van der Waals surface area (Å²) in [7, 11) is 0. The minimum atomic E-state index is -0.182. The Morgan fingerprint density at radius 1 is 1.21 bits per heavy atom. The van der Waals surface area contributed by atoms with Crippen LogP contribution < -0.4 is 0 Å². The highest BCUT2D eigenvalue weighted by molar-refractivity contribution is 6.08. The number of Topliss-reactive ketones (excluding diaryl/α,β-unsaturated/α-hetero) is 2. The van der Waals surface area contributed by atoms with Gasteiger partial charge in [-0.05, 0) is 30.1 Å². The number of hydrogen-bond acceptors (Lipinski definition) is 2. The molecule has 0 radical (unpaired) electrons. The van der Waals surface area contributed by atoms with Crippen LogP contribution in [0.25, 0.3) is 0 Å². The molecule has 14 heavy (non-hydrogen) atoms. The van der Waals surface area contributed by atoms with Gasteiger partial charge in [-0.15, -0.1) is 0 Å². The Hall–Kier alpha value is -0.660. The van der Waals surface area contributed by atoms with Gasteiger partial charge in [0.25, 0.3) is 0 Å². The van der Waals surface area contributed by atoms with E-state index in [0.29, 0.717) is 35.2 Å². The third-order valence-electron chi connectivity index (χ3n) is 6.42. The van der Waals surface area contributed by atoms with Crippen LogP contribution in [-0.2, 0) is 9.59 Å². The lowest BCUT2D eigenvalue weighted by atomic mass is 9.49. The van der Waals surface area contributed by atoms with Crippen molar-refractivity contribution >= 4 is 11.6 Å². The smallest absolute Gasteiger partial charge is 0.143 e. The highest BCUT2D eigenvalue weighted by atomic mass is 16.1. The summed E-state index contributed by atoms with van der Waals surface area (Å²) in [6, 6.07) is 0. The molecule has 0 aromatic heterocycles. The van der Waals surface area contributed by atoms with Crippen LogP contribution in [0.3, 0.4) is 0 Å². The molecule has 0 saturated heterocycles. The van der Waals surface area contributed by atoms with E-state index in [0.717, 1.165) is 0 Å². The average Bonchev–Trinajstić information content (AvgIpc) is 2.67. The summed E-state index contributed by atoms with van der Waals surface area (Å²) in [6.45, 7) is 2.08. The first-order chi connectivity index (χ1) is 6.67. The molecule has 72 valence electrons. The van der Waals surface area contributed by atoms with E-state index >= 15 is 0 Å². The third kappa shape index (κ3) is 0.322. The minimum absolute atomic E-state index is 0.166. The molecule has 0 aromatic carbocycles. The number of carbonyl (C=O) groups is 2.